The average Bonchev–Trinajstić information content (AvgIpc) is 3.84. The summed E-state index contributed by atoms with van der Waals surface area (Å²) in [6.07, 6.45) is 17.3. The number of benzene rings is 4. The highest BCUT2D eigenvalue weighted by molar-refractivity contribution is 5.83. The summed E-state index contributed by atoms with van der Waals surface area (Å²) in [5.74, 6) is -1.55. The second-order valence-corrected chi connectivity index (χ2v) is 17.0. The van der Waals surface area contributed by atoms with Gasteiger partial charge < -0.3 is 39.8 Å². The van der Waals surface area contributed by atoms with Crippen molar-refractivity contribution in [2.75, 3.05) is 39.6 Å². The van der Waals surface area contributed by atoms with E-state index < -0.39 is 49.4 Å². The summed E-state index contributed by atoms with van der Waals surface area (Å²) >= 11 is 0. The zero-order valence-electron chi connectivity index (χ0n) is 38.0. The van der Waals surface area contributed by atoms with Gasteiger partial charge in [0.25, 0.3) is 0 Å². The first-order chi connectivity index (χ1) is 32.4. The van der Waals surface area contributed by atoms with Gasteiger partial charge in [-0.15, -0.1) is 0 Å². The molecule has 0 aromatic heterocycles. The molecule has 0 heterocycles. The number of allylic oxidation sites excluding steroid dienone is 2. The first kappa shape index (κ1) is 49.5. The molecular formula is C54H66N2O10. The number of carbonyl (C=O) groups excluding carboxylic acids is 4. The summed E-state index contributed by atoms with van der Waals surface area (Å²) in [6, 6.07) is 29.8. The largest absolute Gasteiger partial charge is 0.464 e. The molecule has 6 rings (SSSR count). The van der Waals surface area contributed by atoms with Crippen LogP contribution in [0.1, 0.15) is 124 Å². The van der Waals surface area contributed by atoms with Crippen LogP contribution in [0, 0.1) is 0 Å². The SMILES string of the molecule is O=C(N[C@@H](CO)C(=O)OCCCCCCCC/C=C/CCCCCCCCOC(=O)[C@H](CO)NC(=O)OCC1c2ccccc2-c2ccccc21)OCC1c2ccccc2-c2ccccc21. The van der Waals surface area contributed by atoms with Gasteiger partial charge in [-0.05, 0) is 83.0 Å². The molecule has 12 nitrogen and oxygen atoms in total. The summed E-state index contributed by atoms with van der Waals surface area (Å²) in [6.45, 7) is -0.458. The molecule has 0 spiro atoms. The normalized spacial score (nSPS) is 13.5. The Labute approximate surface area is 389 Å². The molecule has 0 aliphatic heterocycles. The molecule has 4 N–H and O–H groups in total. The van der Waals surface area contributed by atoms with Gasteiger partial charge in [0.05, 0.1) is 26.4 Å². The van der Waals surface area contributed by atoms with Crippen molar-refractivity contribution in [3.8, 4) is 22.3 Å². The number of nitrogens with one attached hydrogen (secondary N) is 2. The van der Waals surface area contributed by atoms with Gasteiger partial charge in [0, 0.05) is 11.8 Å². The Morgan fingerprint density at radius 3 is 1.08 bits per heavy atom. The molecule has 4 aromatic rings. The van der Waals surface area contributed by atoms with Gasteiger partial charge in [-0.3, -0.25) is 0 Å². The van der Waals surface area contributed by atoms with E-state index in [1.165, 1.54) is 0 Å². The molecule has 2 atom stereocenters. The van der Waals surface area contributed by atoms with E-state index in [1.807, 2.05) is 72.8 Å². The number of aliphatic hydroxyl groups is 2. The van der Waals surface area contributed by atoms with Crippen LogP contribution in [0.2, 0.25) is 0 Å². The third kappa shape index (κ3) is 14.3. The molecule has 4 aromatic carbocycles. The fraction of sp³-hybridized carbons (Fsp3) is 0.444. The highest BCUT2D eigenvalue weighted by atomic mass is 16.6. The molecule has 0 fully saturated rings. The Bertz CT molecular complexity index is 1960. The van der Waals surface area contributed by atoms with E-state index >= 15 is 0 Å². The number of esters is 2. The molecule has 352 valence electrons. The number of alkyl carbamates (subject to hydrolysis) is 2. The zero-order chi connectivity index (χ0) is 46.4. The maximum atomic E-state index is 12.6. The van der Waals surface area contributed by atoms with Gasteiger partial charge in [-0.2, -0.15) is 0 Å². The highest BCUT2D eigenvalue weighted by Gasteiger charge is 2.31. The summed E-state index contributed by atoms with van der Waals surface area (Å²) in [5.41, 5.74) is 8.86. The lowest BCUT2D eigenvalue weighted by Gasteiger charge is -2.18. The number of unbranched alkanes of at least 4 members (excludes halogenated alkanes) is 12. The summed E-state index contributed by atoms with van der Waals surface area (Å²) in [4.78, 5) is 50.2. The fourth-order valence-electron chi connectivity index (χ4n) is 8.85. The van der Waals surface area contributed by atoms with Crippen molar-refractivity contribution in [2.45, 2.75) is 114 Å². The standard InChI is InChI=1S/C54H66N2O10/c57-35-49(55-53(61)65-37-47-43-29-19-15-25-39(43)40-26-16-20-30-44(40)47)51(59)63-33-23-13-11-9-7-5-3-1-2-4-6-8-10-12-14-24-34-64-52(60)50(36-58)56-54(62)66-38-48-45-31-21-17-27-41(45)42-28-18-22-32-46(42)48/h1-2,15-22,25-32,47-50,57-58H,3-14,23-24,33-38H2,(H,55,61)(H,56,62)/b2-1+/t49-,50-/m0/s1. The van der Waals surface area contributed by atoms with Gasteiger partial charge in [0.1, 0.15) is 13.2 Å². The van der Waals surface area contributed by atoms with E-state index in [1.54, 1.807) is 0 Å². The number of ether oxygens (including phenoxy) is 4. The molecule has 66 heavy (non-hydrogen) atoms. The monoisotopic (exact) mass is 902 g/mol. The second kappa shape index (κ2) is 26.9. The van der Waals surface area contributed by atoms with Crippen LogP contribution in [0.4, 0.5) is 9.59 Å². The minimum atomic E-state index is -1.18. The van der Waals surface area contributed by atoms with Crippen LogP contribution >= 0.6 is 0 Å². The van der Waals surface area contributed by atoms with Crippen LogP contribution in [0.5, 0.6) is 0 Å². The Morgan fingerprint density at radius 1 is 0.439 bits per heavy atom. The number of hydrogen-bond donors (Lipinski definition) is 4. The van der Waals surface area contributed by atoms with Crippen LogP contribution < -0.4 is 10.6 Å². The summed E-state index contributed by atoms with van der Waals surface area (Å²) in [7, 11) is 0. The molecule has 12 heteroatoms. The maximum absolute atomic E-state index is 12.6. The number of carbonyl (C=O) groups is 4. The van der Waals surface area contributed by atoms with Crippen molar-refractivity contribution in [1.82, 2.24) is 10.6 Å². The van der Waals surface area contributed by atoms with Crippen molar-refractivity contribution in [1.29, 1.82) is 0 Å². The lowest BCUT2D eigenvalue weighted by Crippen LogP contribution is -2.45. The highest BCUT2D eigenvalue weighted by Crippen LogP contribution is 2.45. The van der Waals surface area contributed by atoms with Crippen LogP contribution in [0.15, 0.2) is 109 Å². The average molecular weight is 903 g/mol. The minimum Gasteiger partial charge on any atom is -0.464 e. The van der Waals surface area contributed by atoms with Gasteiger partial charge in [0.15, 0.2) is 12.1 Å². The quantitative estimate of drug-likeness (QED) is 0.0186. The van der Waals surface area contributed by atoms with Crippen molar-refractivity contribution < 1.29 is 48.3 Å². The van der Waals surface area contributed by atoms with E-state index in [0.717, 1.165) is 134 Å². The van der Waals surface area contributed by atoms with Crippen molar-refractivity contribution in [3.63, 3.8) is 0 Å². The van der Waals surface area contributed by atoms with Crippen LogP contribution in [0.3, 0.4) is 0 Å². The first-order valence-corrected chi connectivity index (χ1v) is 23.8. The Morgan fingerprint density at radius 2 is 0.742 bits per heavy atom. The molecular weight excluding hydrogens is 837 g/mol. The predicted octanol–water partition coefficient (Wildman–Crippen LogP) is 9.89. The zero-order valence-corrected chi connectivity index (χ0v) is 38.0. The van der Waals surface area contributed by atoms with Crippen LogP contribution in [-0.2, 0) is 28.5 Å². The van der Waals surface area contributed by atoms with Crippen LogP contribution in [-0.4, -0.2) is 86.1 Å². The second-order valence-electron chi connectivity index (χ2n) is 17.0. The third-order valence-corrected chi connectivity index (χ3v) is 12.4. The fourth-order valence-corrected chi connectivity index (χ4v) is 8.85. The third-order valence-electron chi connectivity index (χ3n) is 12.4. The first-order valence-electron chi connectivity index (χ1n) is 23.8. The maximum Gasteiger partial charge on any atom is 0.407 e. The smallest absolute Gasteiger partial charge is 0.407 e. The number of rotatable bonds is 28. The molecule has 0 bridgehead atoms. The predicted molar refractivity (Wildman–Crippen MR) is 254 cm³/mol. The Balaban J connectivity index is 0.699. The molecule has 0 saturated heterocycles. The molecule has 2 aliphatic rings. The van der Waals surface area contributed by atoms with Gasteiger partial charge in [0.2, 0.25) is 0 Å². The number of aliphatic hydroxyl groups excluding tert-OH is 2. The molecule has 0 radical (unpaired) electrons. The van der Waals surface area contributed by atoms with Gasteiger partial charge in [-0.1, -0.05) is 161 Å². The lowest BCUT2D eigenvalue weighted by atomic mass is 9.98. The topological polar surface area (TPSA) is 170 Å². The van der Waals surface area contributed by atoms with Gasteiger partial charge in [-0.25, -0.2) is 19.2 Å². The number of fused-ring (bicyclic) bond motifs is 6. The minimum absolute atomic E-state index is 0.104. The van der Waals surface area contributed by atoms with E-state index in [9.17, 15) is 29.4 Å². The lowest BCUT2D eigenvalue weighted by molar-refractivity contribution is -0.148. The number of hydrogen-bond acceptors (Lipinski definition) is 10. The molecule has 2 amide bonds. The van der Waals surface area contributed by atoms with Gasteiger partial charge >= 0.3 is 24.1 Å². The number of amides is 2. The van der Waals surface area contributed by atoms with E-state index in [0.29, 0.717) is 0 Å². The van der Waals surface area contributed by atoms with E-state index in [2.05, 4.69) is 47.1 Å². The van der Waals surface area contributed by atoms with Crippen molar-refractivity contribution in [3.05, 3.63) is 131 Å². The molecule has 2 aliphatic carbocycles. The molecule has 0 unspecified atom stereocenters. The van der Waals surface area contributed by atoms with Crippen molar-refractivity contribution >= 4 is 24.1 Å². The van der Waals surface area contributed by atoms with Crippen LogP contribution in [0.25, 0.3) is 22.3 Å². The van der Waals surface area contributed by atoms with Crippen molar-refractivity contribution in [2.24, 2.45) is 0 Å². The Kier molecular flexibility index (Phi) is 20.1. The van der Waals surface area contributed by atoms with E-state index in [4.69, 9.17) is 18.9 Å². The summed E-state index contributed by atoms with van der Waals surface area (Å²) < 4.78 is 21.7. The Hall–Kier alpha value is -5.98. The van der Waals surface area contributed by atoms with E-state index in [-0.39, 0.29) is 38.3 Å². The molecule has 0 saturated carbocycles. The summed E-state index contributed by atoms with van der Waals surface area (Å²) in [5, 5.41) is 24.4.